The molecule has 0 amide bonds. The molecule has 0 heterocycles. The third-order valence-electron chi connectivity index (χ3n) is 12.9. The second kappa shape index (κ2) is 78.2. The van der Waals surface area contributed by atoms with Crippen molar-refractivity contribution in [2.24, 2.45) is 0 Å². The van der Waals surface area contributed by atoms with Gasteiger partial charge in [0.05, 0.1) is 66.9 Å². The van der Waals surface area contributed by atoms with Crippen LogP contribution in [0.5, 0.6) is 0 Å². The number of hydrogen-bond acceptors (Lipinski definition) is 21. The van der Waals surface area contributed by atoms with Gasteiger partial charge >= 0.3 is 11.9 Å². The lowest BCUT2D eigenvalue weighted by molar-refractivity contribution is -0.156. The van der Waals surface area contributed by atoms with Crippen LogP contribution in [0.4, 0.5) is 0 Å². The molecule has 0 unspecified atom stereocenters. The van der Waals surface area contributed by atoms with E-state index in [0.29, 0.717) is 87.9 Å². The first-order valence-electron chi connectivity index (χ1n) is 40.1. The molecule has 0 aromatic rings. The molecular weight excluding hydrogens is 1480 g/mol. The van der Waals surface area contributed by atoms with E-state index in [1.165, 1.54) is 51.5 Å². The number of carbonyl (C=O) groups is 4. The molecule has 0 N–H and O–H groups in total. The van der Waals surface area contributed by atoms with E-state index in [4.69, 9.17) is 74.8 Å². The van der Waals surface area contributed by atoms with Crippen LogP contribution in [-0.2, 0) is 101 Å². The SMILES string of the molecule is CC(=O)CCCCCOC(C)C.CC(=O)CCCOC(C)C.CC(C)OCCCC(=O)OC(C)(C)C.CC(C)OCCCCCC(=O)OC(C)(C)C.CC(C)OCCCCCCS(=O)(=O)OCC(C)(Cl)Cl.CC(C)OCCCCCCS(C)(=O)=O.CC(C)OCCCS(C)(=O)=O.CCCCCCCOC(C)C. The Morgan fingerprint density at radius 2 is 0.533 bits per heavy atom. The highest BCUT2D eigenvalue weighted by Crippen LogP contribution is 2.21. The number of sulfone groups is 2. The van der Waals surface area contributed by atoms with E-state index in [1.807, 2.05) is 138 Å². The molecule has 0 rings (SSSR count). The van der Waals surface area contributed by atoms with Crippen molar-refractivity contribution in [2.45, 2.75) is 411 Å². The van der Waals surface area contributed by atoms with Gasteiger partial charge in [0, 0.05) is 96.8 Å². The van der Waals surface area contributed by atoms with Gasteiger partial charge < -0.3 is 57.0 Å². The van der Waals surface area contributed by atoms with Crippen molar-refractivity contribution in [2.75, 3.05) is 89.2 Å². The molecule has 0 aliphatic carbocycles. The van der Waals surface area contributed by atoms with Crippen LogP contribution < -0.4 is 0 Å². The van der Waals surface area contributed by atoms with Crippen molar-refractivity contribution < 1.29 is 96.0 Å². The Morgan fingerprint density at radius 1 is 0.308 bits per heavy atom. The zero-order chi connectivity index (χ0) is 84.6. The minimum Gasteiger partial charge on any atom is -0.460 e. The Bertz CT molecular complexity index is 2310. The summed E-state index contributed by atoms with van der Waals surface area (Å²) >= 11 is 11.3. The highest BCUT2D eigenvalue weighted by molar-refractivity contribution is 7.90. The van der Waals surface area contributed by atoms with Gasteiger partial charge in [-0.1, -0.05) is 94.3 Å². The highest BCUT2D eigenvalue weighted by atomic mass is 35.5. The van der Waals surface area contributed by atoms with Crippen LogP contribution in [0.15, 0.2) is 0 Å². The maximum Gasteiger partial charge on any atom is 0.306 e. The van der Waals surface area contributed by atoms with Gasteiger partial charge in [-0.05, 0) is 250 Å². The zero-order valence-electron chi connectivity index (χ0n) is 73.5. The molecule has 26 heteroatoms. The van der Waals surface area contributed by atoms with Crippen molar-refractivity contribution in [3.05, 3.63) is 0 Å². The largest absolute Gasteiger partial charge is 0.460 e. The molecule has 0 aromatic heterocycles. The van der Waals surface area contributed by atoms with Crippen LogP contribution in [0.25, 0.3) is 0 Å². The minimum atomic E-state index is -3.52. The summed E-state index contributed by atoms with van der Waals surface area (Å²) in [7, 11) is -9.08. The Kier molecular flexibility index (Phi) is 88.5. The van der Waals surface area contributed by atoms with E-state index >= 15 is 0 Å². The van der Waals surface area contributed by atoms with Gasteiger partial charge in [-0.25, -0.2) is 16.8 Å². The summed E-state index contributed by atoms with van der Waals surface area (Å²) in [6.07, 6.45) is 29.2. The van der Waals surface area contributed by atoms with E-state index in [0.717, 1.165) is 136 Å². The maximum absolute atomic E-state index is 11.5. The summed E-state index contributed by atoms with van der Waals surface area (Å²) in [5, 5.41) is 0. The third-order valence-corrected chi connectivity index (χ3v) is 16.5. The number of alkyl halides is 2. The van der Waals surface area contributed by atoms with Crippen molar-refractivity contribution in [1.29, 1.82) is 0 Å². The molecule has 0 saturated carbocycles. The predicted octanol–water partition coefficient (Wildman–Crippen LogP) is 19.9. The first-order chi connectivity index (χ1) is 49.1. The topological polar surface area (TPSA) is 272 Å². The standard InChI is InChI=1S/C13H26O3.C12H24Cl2O4S.C11H22O3.C10H22O3S.C10H20O2.C10H22O.C8H16O2.C7H16O3S/c1-11(2)15-10-8-6-7-9-12(14)16-13(3,4)5;1-11(2)17-8-6-4-5-7-9-19(15,16)18-10-12(3,13)14;1-9(2)13-8-6-7-10(12)14-11(3,4)5;1-10(2)13-8-6-4-5-7-9-14(3,11)12;1-9(2)12-8-6-4-5-7-10(3)11;1-4-5-6-7-8-9-11-10(2)3;1-7(2)10-6-4-5-8(3)9;1-7(2)10-5-4-6-11(3,8)9/h11H,6-10H2,1-5H3;11H,4-10H2,1-3H3;9H,6-8H2,1-5H3;10H,4-9H2,1-3H3;9H,4-8H2,1-3H3;10H,4-9H2,1-3H3;7H,4-6H2,1-3H3;7H,4-6H2,1-3H3. The van der Waals surface area contributed by atoms with Crippen LogP contribution >= 0.6 is 23.2 Å². The smallest absolute Gasteiger partial charge is 0.306 e. The Hall–Kier alpha value is -1.65. The summed E-state index contributed by atoms with van der Waals surface area (Å²) in [6.45, 7) is 56.1. The number of unbranched alkanes of at least 4 members (excludes halogenated alkanes) is 14. The van der Waals surface area contributed by atoms with E-state index in [1.54, 1.807) is 13.8 Å². The molecule has 0 bridgehead atoms. The predicted molar refractivity (Wildman–Crippen MR) is 447 cm³/mol. The van der Waals surface area contributed by atoms with E-state index in [9.17, 15) is 44.4 Å². The number of rotatable bonds is 55. The summed E-state index contributed by atoms with van der Waals surface area (Å²) < 4.78 is 122. The average Bonchev–Trinajstić information content (AvgIpc) is 0.920. The first kappa shape index (κ1) is 121. The lowest BCUT2D eigenvalue weighted by Gasteiger charge is -2.19. The first-order valence-corrected chi connectivity index (χ1v) is 46.5. The normalized spacial score (nSPS) is 11.8. The number of carbonyl (C=O) groups excluding carboxylic acids is 4. The van der Waals surface area contributed by atoms with Crippen LogP contribution in [0.3, 0.4) is 0 Å². The third kappa shape index (κ3) is 150. The molecule has 0 aliphatic rings. The fraction of sp³-hybridized carbons (Fsp3) is 0.951. The lowest BCUT2D eigenvalue weighted by Crippen LogP contribution is -2.23. The van der Waals surface area contributed by atoms with Crippen LogP contribution in [0, 0.1) is 0 Å². The second-order valence-electron chi connectivity index (χ2n) is 31.2. The van der Waals surface area contributed by atoms with Gasteiger partial charge in [0.15, 0.2) is 0 Å². The Morgan fingerprint density at radius 3 is 0.804 bits per heavy atom. The van der Waals surface area contributed by atoms with Crippen molar-refractivity contribution in [3.8, 4) is 0 Å². The van der Waals surface area contributed by atoms with Gasteiger partial charge in [0.2, 0.25) is 0 Å². The zero-order valence-corrected chi connectivity index (χ0v) is 77.5. The molecule has 21 nitrogen and oxygen atoms in total. The molecule has 107 heavy (non-hydrogen) atoms. The summed E-state index contributed by atoms with van der Waals surface area (Å²) in [4.78, 5) is 43.6. The number of halogens is 2. The molecule has 0 atom stereocenters. The van der Waals surface area contributed by atoms with Gasteiger partial charge in [-0.3, -0.25) is 13.8 Å². The van der Waals surface area contributed by atoms with Gasteiger partial charge in [0.25, 0.3) is 10.1 Å². The van der Waals surface area contributed by atoms with Crippen LogP contribution in [0.1, 0.15) is 347 Å². The van der Waals surface area contributed by atoms with E-state index in [2.05, 4.69) is 20.8 Å². The lowest BCUT2D eigenvalue weighted by atomic mass is 10.1. The van der Waals surface area contributed by atoms with Gasteiger partial charge in [0.1, 0.15) is 46.8 Å². The summed E-state index contributed by atoms with van der Waals surface area (Å²) in [5.74, 6) is 0.828. The molecule has 650 valence electrons. The quantitative estimate of drug-likeness (QED) is 0.0237. The fourth-order valence-corrected chi connectivity index (χ4v) is 10.6. The number of esters is 2. The maximum atomic E-state index is 11.5. The molecule has 0 spiro atoms. The molecule has 0 aromatic carbocycles. The van der Waals surface area contributed by atoms with Gasteiger partial charge in [-0.15, -0.1) is 0 Å². The Balaban J connectivity index is -0.000000176. The number of hydrogen-bond donors (Lipinski definition) is 0. The summed E-state index contributed by atoms with van der Waals surface area (Å²) in [6, 6.07) is 0. The molecule has 0 saturated heterocycles. The fourth-order valence-electron chi connectivity index (χ4n) is 7.91. The highest BCUT2D eigenvalue weighted by Gasteiger charge is 2.22. The van der Waals surface area contributed by atoms with Crippen molar-refractivity contribution in [1.82, 2.24) is 0 Å². The van der Waals surface area contributed by atoms with Gasteiger partial charge in [-0.2, -0.15) is 8.42 Å². The molecule has 0 fully saturated rings. The van der Waals surface area contributed by atoms with Crippen molar-refractivity contribution in [3.63, 3.8) is 0 Å². The number of Topliss-reactive ketones (excluding diaryl/α,β-unsaturated/α-hetero) is 2. The molecule has 0 aliphatic heterocycles. The number of ether oxygens (including phenoxy) is 10. The van der Waals surface area contributed by atoms with Crippen molar-refractivity contribution >= 4 is 76.5 Å². The van der Waals surface area contributed by atoms with E-state index in [-0.39, 0.29) is 71.5 Å². The number of ketones is 2. The minimum absolute atomic E-state index is 0.00188. The molecular formula is C81H168Cl2O21S3. The van der Waals surface area contributed by atoms with Crippen LogP contribution in [0.2, 0.25) is 0 Å². The average molecular weight is 1650 g/mol. The molecule has 0 radical (unpaired) electrons. The Labute approximate surface area is 669 Å². The van der Waals surface area contributed by atoms with Crippen LogP contribution in [-0.4, -0.2) is 202 Å². The van der Waals surface area contributed by atoms with E-state index < -0.39 is 34.1 Å². The monoisotopic (exact) mass is 1640 g/mol. The second-order valence-corrected chi connectivity index (χ2v) is 39.4. The summed E-state index contributed by atoms with van der Waals surface area (Å²) in [5.41, 5.74) is -0.742.